The van der Waals surface area contributed by atoms with E-state index in [4.69, 9.17) is 14.6 Å². The maximum absolute atomic E-state index is 12.0. The number of aromatic carboxylic acids is 1. The van der Waals surface area contributed by atoms with Crippen molar-refractivity contribution in [3.63, 3.8) is 0 Å². The van der Waals surface area contributed by atoms with Crippen LogP contribution < -0.4 is 14.8 Å². The second-order valence-electron chi connectivity index (χ2n) is 5.76. The van der Waals surface area contributed by atoms with Crippen LogP contribution in [0.5, 0.6) is 11.5 Å². The summed E-state index contributed by atoms with van der Waals surface area (Å²) >= 11 is 0. The van der Waals surface area contributed by atoms with Gasteiger partial charge in [-0.15, -0.1) is 0 Å². The molecule has 1 amide bonds. The summed E-state index contributed by atoms with van der Waals surface area (Å²) in [6, 6.07) is 12.2. The number of carboxylic acids is 1. The zero-order valence-electron chi connectivity index (χ0n) is 13.7. The molecule has 0 aliphatic carbocycles. The molecule has 1 heterocycles. The van der Waals surface area contributed by atoms with E-state index in [-0.39, 0.29) is 11.5 Å². The van der Waals surface area contributed by atoms with E-state index in [9.17, 15) is 9.59 Å². The topological polar surface area (TPSA) is 84.9 Å². The molecule has 0 aromatic heterocycles. The Kier molecular flexibility index (Phi) is 5.18. The van der Waals surface area contributed by atoms with Gasteiger partial charge in [0, 0.05) is 13.0 Å². The molecule has 0 bridgehead atoms. The van der Waals surface area contributed by atoms with Crippen LogP contribution in [0, 0.1) is 0 Å². The summed E-state index contributed by atoms with van der Waals surface area (Å²) in [5.74, 6) is 0.444. The first kappa shape index (κ1) is 16.8. The molecule has 6 heteroatoms. The van der Waals surface area contributed by atoms with Crippen LogP contribution in [-0.4, -0.2) is 30.2 Å². The van der Waals surface area contributed by atoms with Crippen molar-refractivity contribution in [2.45, 2.75) is 19.4 Å². The smallest absolute Gasteiger partial charge is 0.335 e. The van der Waals surface area contributed by atoms with E-state index in [0.29, 0.717) is 32.6 Å². The van der Waals surface area contributed by atoms with Gasteiger partial charge in [-0.2, -0.15) is 0 Å². The third kappa shape index (κ3) is 4.50. The number of fused-ring (bicyclic) bond motifs is 1. The van der Waals surface area contributed by atoms with Crippen LogP contribution in [0.15, 0.2) is 42.5 Å². The Hall–Kier alpha value is -3.02. The number of nitrogens with one attached hydrogen (secondary N) is 1. The molecule has 0 atom stereocenters. The molecule has 2 N–H and O–H groups in total. The molecule has 1 aliphatic heterocycles. The van der Waals surface area contributed by atoms with Gasteiger partial charge >= 0.3 is 5.97 Å². The summed E-state index contributed by atoms with van der Waals surface area (Å²) in [5.41, 5.74) is 2.11. The van der Waals surface area contributed by atoms with Crippen molar-refractivity contribution in [3.05, 3.63) is 59.2 Å². The van der Waals surface area contributed by atoms with Crippen LogP contribution in [0.2, 0.25) is 0 Å². The van der Waals surface area contributed by atoms with E-state index in [0.717, 1.165) is 22.6 Å². The van der Waals surface area contributed by atoms with Gasteiger partial charge in [-0.05, 0) is 41.8 Å². The number of aryl methyl sites for hydroxylation is 1. The molecule has 3 rings (SSSR count). The second-order valence-corrected chi connectivity index (χ2v) is 5.76. The van der Waals surface area contributed by atoms with Crippen LogP contribution in [0.4, 0.5) is 0 Å². The minimum Gasteiger partial charge on any atom is -0.486 e. The first-order valence-electron chi connectivity index (χ1n) is 8.09. The summed E-state index contributed by atoms with van der Waals surface area (Å²) in [6.07, 6.45) is 0.979. The third-order valence-corrected chi connectivity index (χ3v) is 3.94. The van der Waals surface area contributed by atoms with Gasteiger partial charge < -0.3 is 19.9 Å². The fourth-order valence-corrected chi connectivity index (χ4v) is 2.56. The van der Waals surface area contributed by atoms with Crippen molar-refractivity contribution < 1.29 is 24.2 Å². The van der Waals surface area contributed by atoms with Gasteiger partial charge in [0.15, 0.2) is 11.5 Å². The van der Waals surface area contributed by atoms with Crippen molar-refractivity contribution >= 4 is 11.9 Å². The quantitative estimate of drug-likeness (QED) is 0.843. The molecule has 25 heavy (non-hydrogen) atoms. The number of amides is 1. The van der Waals surface area contributed by atoms with Gasteiger partial charge in [0.1, 0.15) is 13.2 Å². The number of hydrogen-bond acceptors (Lipinski definition) is 4. The van der Waals surface area contributed by atoms with E-state index in [1.54, 1.807) is 12.1 Å². The molecule has 0 radical (unpaired) electrons. The van der Waals surface area contributed by atoms with Crippen molar-refractivity contribution in [3.8, 4) is 11.5 Å². The van der Waals surface area contributed by atoms with E-state index in [1.165, 1.54) is 12.1 Å². The van der Waals surface area contributed by atoms with Gasteiger partial charge in [0.05, 0.1) is 5.56 Å². The molecule has 0 saturated heterocycles. The van der Waals surface area contributed by atoms with E-state index >= 15 is 0 Å². The minimum atomic E-state index is -0.963. The van der Waals surface area contributed by atoms with Gasteiger partial charge in [-0.1, -0.05) is 18.2 Å². The lowest BCUT2D eigenvalue weighted by molar-refractivity contribution is -0.121. The first-order chi connectivity index (χ1) is 12.1. The molecular weight excluding hydrogens is 322 g/mol. The molecular formula is C19H19NO5. The maximum atomic E-state index is 12.0. The predicted octanol–water partition coefficient (Wildman–Crippen LogP) is 2.41. The Morgan fingerprint density at radius 1 is 0.960 bits per heavy atom. The Morgan fingerprint density at radius 2 is 1.64 bits per heavy atom. The van der Waals surface area contributed by atoms with Crippen LogP contribution in [0.3, 0.4) is 0 Å². The van der Waals surface area contributed by atoms with Crippen LogP contribution in [0.25, 0.3) is 0 Å². The average Bonchev–Trinajstić information content (AvgIpc) is 2.65. The molecule has 0 spiro atoms. The molecule has 130 valence electrons. The van der Waals surface area contributed by atoms with Gasteiger partial charge in [-0.25, -0.2) is 4.79 Å². The number of benzene rings is 2. The second kappa shape index (κ2) is 7.70. The number of carboxylic acid groups (broad SMARTS) is 1. The molecule has 2 aromatic carbocycles. The third-order valence-electron chi connectivity index (χ3n) is 3.94. The van der Waals surface area contributed by atoms with Gasteiger partial charge in [0.2, 0.25) is 5.91 Å². The summed E-state index contributed by atoms with van der Waals surface area (Å²) in [6.45, 7) is 1.47. The number of hydrogen-bond donors (Lipinski definition) is 2. The number of rotatable bonds is 6. The van der Waals surface area contributed by atoms with Crippen LogP contribution in [0.1, 0.15) is 27.9 Å². The monoisotopic (exact) mass is 341 g/mol. The summed E-state index contributed by atoms with van der Waals surface area (Å²) in [4.78, 5) is 22.8. The SMILES string of the molecule is O=C(CCc1ccc2c(c1)OCCO2)NCc1ccc(C(=O)O)cc1. The average molecular weight is 341 g/mol. The van der Waals surface area contributed by atoms with E-state index in [2.05, 4.69) is 5.32 Å². The molecule has 0 fully saturated rings. The molecule has 2 aromatic rings. The summed E-state index contributed by atoms with van der Waals surface area (Å²) in [7, 11) is 0. The predicted molar refractivity (Wildman–Crippen MR) is 91.0 cm³/mol. The number of carbonyl (C=O) groups excluding carboxylic acids is 1. The van der Waals surface area contributed by atoms with Crippen molar-refractivity contribution in [2.75, 3.05) is 13.2 Å². The van der Waals surface area contributed by atoms with Gasteiger partial charge in [0.25, 0.3) is 0 Å². The van der Waals surface area contributed by atoms with Gasteiger partial charge in [-0.3, -0.25) is 4.79 Å². The molecule has 6 nitrogen and oxygen atoms in total. The van der Waals surface area contributed by atoms with E-state index < -0.39 is 5.97 Å². The molecule has 0 unspecified atom stereocenters. The Balaban J connectivity index is 1.47. The highest BCUT2D eigenvalue weighted by atomic mass is 16.6. The van der Waals surface area contributed by atoms with Crippen LogP contribution in [-0.2, 0) is 17.8 Å². The lowest BCUT2D eigenvalue weighted by Crippen LogP contribution is -2.23. The lowest BCUT2D eigenvalue weighted by atomic mass is 10.1. The van der Waals surface area contributed by atoms with Crippen LogP contribution >= 0.6 is 0 Å². The maximum Gasteiger partial charge on any atom is 0.335 e. The first-order valence-corrected chi connectivity index (χ1v) is 8.09. The highest BCUT2D eigenvalue weighted by Crippen LogP contribution is 2.31. The minimum absolute atomic E-state index is 0.0581. The van der Waals surface area contributed by atoms with Crippen molar-refractivity contribution in [1.29, 1.82) is 0 Å². The zero-order chi connectivity index (χ0) is 17.6. The summed E-state index contributed by atoms with van der Waals surface area (Å²) in [5, 5.41) is 11.7. The number of ether oxygens (including phenoxy) is 2. The molecule has 1 aliphatic rings. The van der Waals surface area contributed by atoms with Crippen molar-refractivity contribution in [2.24, 2.45) is 0 Å². The fraction of sp³-hybridized carbons (Fsp3) is 0.263. The fourth-order valence-electron chi connectivity index (χ4n) is 2.56. The highest BCUT2D eigenvalue weighted by Gasteiger charge is 2.12. The van der Waals surface area contributed by atoms with E-state index in [1.807, 2.05) is 18.2 Å². The highest BCUT2D eigenvalue weighted by molar-refractivity contribution is 5.87. The Morgan fingerprint density at radius 3 is 2.36 bits per heavy atom. The molecule has 0 saturated carbocycles. The van der Waals surface area contributed by atoms with Crippen molar-refractivity contribution in [1.82, 2.24) is 5.32 Å². The summed E-state index contributed by atoms with van der Waals surface area (Å²) < 4.78 is 11.0. The standard InChI is InChI=1S/C19H19NO5/c21-18(20-12-14-1-5-15(6-2-14)19(22)23)8-4-13-3-7-16-17(11-13)25-10-9-24-16/h1-3,5-7,11H,4,8-10,12H2,(H,20,21)(H,22,23). The lowest BCUT2D eigenvalue weighted by Gasteiger charge is -2.18. The Labute approximate surface area is 145 Å². The zero-order valence-corrected chi connectivity index (χ0v) is 13.7. The normalized spacial score (nSPS) is 12.5. The number of carbonyl (C=O) groups is 2. The largest absolute Gasteiger partial charge is 0.486 e. The Bertz CT molecular complexity index is 770.